The Labute approximate surface area is 185 Å². The first kappa shape index (κ1) is 22.5. The largest absolute Gasteiger partial charge is 0.462 e. The molecule has 172 valence electrons. The topological polar surface area (TPSA) is 85.4 Å². The van der Waals surface area contributed by atoms with Crippen molar-refractivity contribution in [2.75, 3.05) is 19.8 Å². The van der Waals surface area contributed by atoms with E-state index in [9.17, 15) is 14.7 Å². The number of esters is 2. The lowest BCUT2D eigenvalue weighted by molar-refractivity contribution is -0.217. The van der Waals surface area contributed by atoms with Crippen molar-refractivity contribution in [2.24, 2.45) is 22.7 Å². The van der Waals surface area contributed by atoms with Crippen molar-refractivity contribution in [1.29, 1.82) is 0 Å². The zero-order chi connectivity index (χ0) is 22.4. The zero-order valence-electron chi connectivity index (χ0n) is 19.2. The lowest BCUT2D eigenvalue weighted by Gasteiger charge is -2.62. The Kier molecular flexibility index (Phi) is 5.84. The van der Waals surface area contributed by atoms with E-state index in [1.165, 1.54) is 0 Å². The van der Waals surface area contributed by atoms with E-state index in [0.29, 0.717) is 31.1 Å². The molecule has 1 spiro atoms. The fraction of sp³-hybridized carbons (Fsp3) is 0.760. The molecule has 0 bridgehead atoms. The molecule has 0 aromatic carbocycles. The molecule has 0 aromatic heterocycles. The lowest BCUT2D eigenvalue weighted by atomic mass is 9.43. The summed E-state index contributed by atoms with van der Waals surface area (Å²) in [5.74, 6) is -0.0966. The van der Waals surface area contributed by atoms with Gasteiger partial charge in [0.1, 0.15) is 18.8 Å². The zero-order valence-corrected chi connectivity index (χ0v) is 19.2. The molecule has 1 saturated heterocycles. The Morgan fingerprint density at radius 3 is 2.77 bits per heavy atom. The number of ether oxygens (including phenoxy) is 3. The number of hydrogen-bond donors (Lipinski definition) is 1. The van der Waals surface area contributed by atoms with E-state index < -0.39 is 17.1 Å². The van der Waals surface area contributed by atoms with Crippen molar-refractivity contribution in [3.63, 3.8) is 0 Å². The number of cyclic esters (lactones) is 1. The molecule has 0 unspecified atom stereocenters. The van der Waals surface area contributed by atoms with Crippen LogP contribution in [0.5, 0.6) is 0 Å². The van der Waals surface area contributed by atoms with Gasteiger partial charge < -0.3 is 19.3 Å². The van der Waals surface area contributed by atoms with Gasteiger partial charge in [0.05, 0.1) is 18.1 Å². The lowest BCUT2D eigenvalue weighted by Crippen LogP contribution is -2.66. The highest BCUT2D eigenvalue weighted by molar-refractivity contribution is 5.87. The minimum absolute atomic E-state index is 0.0624. The van der Waals surface area contributed by atoms with Crippen molar-refractivity contribution in [3.8, 4) is 0 Å². The third-order valence-electron chi connectivity index (χ3n) is 9.03. The summed E-state index contributed by atoms with van der Waals surface area (Å²) in [5.41, 5.74) is 0.568. The van der Waals surface area contributed by atoms with Crippen LogP contribution < -0.4 is 0 Å². The number of allylic oxidation sites excluding steroid dienone is 1. The second-order valence-corrected chi connectivity index (χ2v) is 10.4. The van der Waals surface area contributed by atoms with Gasteiger partial charge in [-0.25, -0.2) is 9.59 Å². The van der Waals surface area contributed by atoms with Crippen LogP contribution in [0.15, 0.2) is 23.3 Å². The third kappa shape index (κ3) is 3.56. The number of fused-ring (bicyclic) bond motifs is 2. The Bertz CT molecular complexity index is 809. The average Bonchev–Trinajstić information content (AvgIpc) is 3.40. The Hall–Kier alpha value is -1.66. The number of aliphatic hydroxyl groups excluding tert-OH is 1. The van der Waals surface area contributed by atoms with Gasteiger partial charge in [0, 0.05) is 11.6 Å². The normalized spacial score (nSPS) is 42.1. The predicted molar refractivity (Wildman–Crippen MR) is 115 cm³/mol. The predicted octanol–water partition coefficient (Wildman–Crippen LogP) is 3.72. The van der Waals surface area contributed by atoms with Crippen LogP contribution >= 0.6 is 0 Å². The highest BCUT2D eigenvalue weighted by atomic mass is 16.6. The molecule has 31 heavy (non-hydrogen) atoms. The first-order valence-electron chi connectivity index (χ1n) is 11.7. The van der Waals surface area contributed by atoms with E-state index in [-0.39, 0.29) is 29.9 Å². The number of rotatable bonds is 6. The van der Waals surface area contributed by atoms with Crippen LogP contribution in [0.1, 0.15) is 66.2 Å². The van der Waals surface area contributed by atoms with Gasteiger partial charge in [0.15, 0.2) is 0 Å². The van der Waals surface area contributed by atoms with Crippen molar-refractivity contribution >= 4 is 11.9 Å². The summed E-state index contributed by atoms with van der Waals surface area (Å²) in [6.07, 6.45) is 8.11. The van der Waals surface area contributed by atoms with Gasteiger partial charge in [-0.15, -0.1) is 0 Å². The molecule has 2 saturated carbocycles. The summed E-state index contributed by atoms with van der Waals surface area (Å²) in [6.45, 7) is 9.32. The van der Waals surface area contributed by atoms with E-state index in [1.54, 1.807) is 19.1 Å². The SMILES string of the molecule is C/C=C(\C)C(=O)OC[C@]12[C@H](O)C[C@H](C)[C@@](C)(CCC3=CC(=O)OC3)[C@@H]1CCC[C@@]21CO1. The first-order valence-corrected chi connectivity index (χ1v) is 11.7. The summed E-state index contributed by atoms with van der Waals surface area (Å²) in [4.78, 5) is 24.0. The minimum atomic E-state index is -0.591. The van der Waals surface area contributed by atoms with Gasteiger partial charge in [-0.2, -0.15) is 0 Å². The molecule has 2 heterocycles. The summed E-state index contributed by atoms with van der Waals surface area (Å²) in [7, 11) is 0. The summed E-state index contributed by atoms with van der Waals surface area (Å²) >= 11 is 0. The average molecular weight is 433 g/mol. The van der Waals surface area contributed by atoms with Crippen LogP contribution in [0.25, 0.3) is 0 Å². The quantitative estimate of drug-likeness (QED) is 0.391. The fourth-order valence-corrected chi connectivity index (χ4v) is 6.67. The van der Waals surface area contributed by atoms with Crippen molar-refractivity contribution in [3.05, 3.63) is 23.3 Å². The number of hydrogen-bond acceptors (Lipinski definition) is 6. The highest BCUT2D eigenvalue weighted by Crippen LogP contribution is 2.68. The highest BCUT2D eigenvalue weighted by Gasteiger charge is 2.73. The maximum Gasteiger partial charge on any atom is 0.333 e. The maximum absolute atomic E-state index is 12.5. The third-order valence-corrected chi connectivity index (χ3v) is 9.03. The van der Waals surface area contributed by atoms with E-state index in [4.69, 9.17) is 14.2 Å². The second kappa shape index (κ2) is 8.04. The number of aliphatic hydroxyl groups is 1. The van der Waals surface area contributed by atoms with Gasteiger partial charge in [0.2, 0.25) is 0 Å². The number of carbonyl (C=O) groups excluding carboxylic acids is 2. The molecule has 4 aliphatic rings. The molecule has 6 nitrogen and oxygen atoms in total. The molecule has 6 heteroatoms. The van der Waals surface area contributed by atoms with Crippen molar-refractivity contribution in [2.45, 2.75) is 77.9 Å². The molecule has 1 N–H and O–H groups in total. The Morgan fingerprint density at radius 1 is 1.42 bits per heavy atom. The Balaban J connectivity index is 1.64. The molecule has 6 atom stereocenters. The van der Waals surface area contributed by atoms with Gasteiger partial charge in [-0.1, -0.05) is 26.3 Å². The van der Waals surface area contributed by atoms with Crippen molar-refractivity contribution < 1.29 is 28.9 Å². The fourth-order valence-electron chi connectivity index (χ4n) is 6.67. The van der Waals surface area contributed by atoms with Crippen LogP contribution in [0.3, 0.4) is 0 Å². The molecular weight excluding hydrogens is 396 g/mol. The smallest absolute Gasteiger partial charge is 0.333 e. The van der Waals surface area contributed by atoms with Crippen LogP contribution in [0, 0.1) is 22.7 Å². The summed E-state index contributed by atoms with van der Waals surface area (Å²) in [6, 6.07) is 0. The number of epoxide rings is 1. The molecule has 2 aliphatic heterocycles. The van der Waals surface area contributed by atoms with E-state index in [0.717, 1.165) is 37.7 Å². The van der Waals surface area contributed by atoms with Gasteiger partial charge in [0.25, 0.3) is 0 Å². The van der Waals surface area contributed by atoms with Crippen molar-refractivity contribution in [1.82, 2.24) is 0 Å². The van der Waals surface area contributed by atoms with E-state index >= 15 is 0 Å². The second-order valence-electron chi connectivity index (χ2n) is 10.4. The molecule has 4 rings (SSSR count). The summed E-state index contributed by atoms with van der Waals surface area (Å²) in [5, 5.41) is 11.5. The van der Waals surface area contributed by atoms with Gasteiger partial charge >= 0.3 is 11.9 Å². The van der Waals surface area contributed by atoms with Gasteiger partial charge in [-0.05, 0) is 68.8 Å². The van der Waals surface area contributed by atoms with E-state index in [1.807, 2.05) is 6.92 Å². The molecule has 2 aliphatic carbocycles. The van der Waals surface area contributed by atoms with Crippen LogP contribution in [-0.2, 0) is 23.8 Å². The Morgan fingerprint density at radius 2 is 2.16 bits per heavy atom. The number of carbonyl (C=O) groups is 2. The monoisotopic (exact) mass is 432 g/mol. The molecule has 3 fully saturated rings. The van der Waals surface area contributed by atoms with Crippen LogP contribution in [-0.4, -0.2) is 48.6 Å². The molecule has 0 radical (unpaired) electrons. The maximum atomic E-state index is 12.5. The molecule has 0 aromatic rings. The van der Waals surface area contributed by atoms with Crippen LogP contribution in [0.4, 0.5) is 0 Å². The first-order chi connectivity index (χ1) is 14.7. The standard InChI is InChI=1S/C25H36O6/c1-5-16(2)22(28)30-15-25-19(7-6-9-24(25)14-31-24)23(4,17(3)11-20(25)26)10-8-18-12-21(27)29-13-18/h5,12,17,19-20,26H,6-11,13-15H2,1-4H3/b16-5+/t17-,19-,20+,23+,24+,25+/m0/s1. The summed E-state index contributed by atoms with van der Waals surface area (Å²) < 4.78 is 17.0. The molecular formula is C25H36O6. The minimum Gasteiger partial charge on any atom is -0.462 e. The molecule has 0 amide bonds. The van der Waals surface area contributed by atoms with Crippen LogP contribution in [0.2, 0.25) is 0 Å². The van der Waals surface area contributed by atoms with Gasteiger partial charge in [-0.3, -0.25) is 0 Å². The van der Waals surface area contributed by atoms with E-state index in [2.05, 4.69) is 13.8 Å².